The lowest BCUT2D eigenvalue weighted by Crippen LogP contribution is -2.33. The van der Waals surface area contributed by atoms with Crippen LogP contribution in [0.15, 0.2) is 0 Å². The largest absolute Gasteiger partial charge is 0.326 e. The van der Waals surface area contributed by atoms with Crippen molar-refractivity contribution in [3.8, 4) is 0 Å². The predicted octanol–water partition coefficient (Wildman–Crippen LogP) is -0.291. The number of nitrogens with zero attached hydrogens (tertiary/aromatic N) is 1. The molecular formula is C7H15FN2O2S. The molecule has 0 aromatic rings. The normalized spacial score (nSPS) is 25.2. The van der Waals surface area contributed by atoms with Gasteiger partial charge >= 0.3 is 0 Å². The van der Waals surface area contributed by atoms with Crippen LogP contribution in [-0.2, 0) is 10.0 Å². The summed E-state index contributed by atoms with van der Waals surface area (Å²) in [6, 6.07) is -0.0554. The monoisotopic (exact) mass is 210 g/mol. The Balaban J connectivity index is 2.50. The average molecular weight is 210 g/mol. The first-order valence-corrected chi connectivity index (χ1v) is 5.96. The molecule has 0 spiro atoms. The molecule has 1 atom stereocenters. The van der Waals surface area contributed by atoms with Crippen molar-refractivity contribution in [3.63, 3.8) is 0 Å². The molecule has 4 nitrogen and oxygen atoms in total. The van der Waals surface area contributed by atoms with Gasteiger partial charge < -0.3 is 5.73 Å². The third-order valence-electron chi connectivity index (χ3n) is 2.12. The van der Waals surface area contributed by atoms with E-state index < -0.39 is 16.7 Å². The van der Waals surface area contributed by atoms with Crippen molar-refractivity contribution in [2.45, 2.75) is 18.9 Å². The van der Waals surface area contributed by atoms with Crippen LogP contribution < -0.4 is 5.73 Å². The molecule has 0 aromatic heterocycles. The van der Waals surface area contributed by atoms with Crippen LogP contribution in [-0.4, -0.2) is 44.3 Å². The fraction of sp³-hybridized carbons (Fsp3) is 1.00. The highest BCUT2D eigenvalue weighted by atomic mass is 32.2. The van der Waals surface area contributed by atoms with Gasteiger partial charge in [-0.05, 0) is 12.8 Å². The second kappa shape index (κ2) is 4.34. The molecule has 0 saturated carbocycles. The number of sulfonamides is 1. The summed E-state index contributed by atoms with van der Waals surface area (Å²) in [5.74, 6) is -0.101. The summed E-state index contributed by atoms with van der Waals surface area (Å²) >= 11 is 0. The Morgan fingerprint density at radius 2 is 2.23 bits per heavy atom. The maximum Gasteiger partial charge on any atom is 0.214 e. The highest BCUT2D eigenvalue weighted by molar-refractivity contribution is 7.89. The number of hydrogen-bond acceptors (Lipinski definition) is 3. The first-order chi connectivity index (χ1) is 6.06. The number of alkyl halides is 1. The zero-order valence-corrected chi connectivity index (χ0v) is 8.26. The molecule has 78 valence electrons. The van der Waals surface area contributed by atoms with Gasteiger partial charge in [-0.2, -0.15) is 0 Å². The molecule has 0 aliphatic carbocycles. The highest BCUT2D eigenvalue weighted by Crippen LogP contribution is 2.13. The summed E-state index contributed by atoms with van der Waals surface area (Å²) in [4.78, 5) is 0. The second-order valence-electron chi connectivity index (χ2n) is 3.27. The van der Waals surface area contributed by atoms with Crippen molar-refractivity contribution in [2.24, 2.45) is 5.73 Å². The molecule has 0 aromatic carbocycles. The smallest absolute Gasteiger partial charge is 0.214 e. The maximum atomic E-state index is 11.8. The van der Waals surface area contributed by atoms with Crippen LogP contribution >= 0.6 is 0 Å². The molecule has 2 N–H and O–H groups in total. The van der Waals surface area contributed by atoms with E-state index in [9.17, 15) is 12.8 Å². The predicted molar refractivity (Wildman–Crippen MR) is 48.5 cm³/mol. The SMILES string of the molecule is N[C@@H]1CCN(S(=O)(=O)CCCF)C1. The molecule has 1 heterocycles. The Morgan fingerprint density at radius 3 is 2.69 bits per heavy atom. The Kier molecular flexibility index (Phi) is 3.63. The average Bonchev–Trinajstić information content (AvgIpc) is 2.49. The van der Waals surface area contributed by atoms with Crippen molar-refractivity contribution < 1.29 is 12.8 Å². The maximum absolute atomic E-state index is 11.8. The molecule has 0 unspecified atom stereocenters. The third kappa shape index (κ3) is 2.89. The van der Waals surface area contributed by atoms with Crippen LogP contribution in [0.5, 0.6) is 0 Å². The molecule has 0 bridgehead atoms. The lowest BCUT2D eigenvalue weighted by Gasteiger charge is -2.14. The minimum Gasteiger partial charge on any atom is -0.326 e. The lowest BCUT2D eigenvalue weighted by molar-refractivity contribution is 0.454. The van der Waals surface area contributed by atoms with E-state index in [2.05, 4.69) is 0 Å². The summed E-state index contributed by atoms with van der Waals surface area (Å²) in [6.07, 6.45) is 0.781. The Hall–Kier alpha value is -0.200. The van der Waals surface area contributed by atoms with Crippen LogP contribution in [0.4, 0.5) is 4.39 Å². The number of nitrogens with two attached hydrogens (primary N) is 1. The van der Waals surface area contributed by atoms with Gasteiger partial charge in [-0.25, -0.2) is 12.7 Å². The van der Waals surface area contributed by atoms with Gasteiger partial charge in [-0.3, -0.25) is 4.39 Å². The standard InChI is InChI=1S/C7H15FN2O2S/c8-3-1-5-13(11,12)10-4-2-7(9)6-10/h7H,1-6,9H2/t7-/m1/s1. The van der Waals surface area contributed by atoms with Crippen molar-refractivity contribution >= 4 is 10.0 Å². The molecule has 1 aliphatic rings. The van der Waals surface area contributed by atoms with Gasteiger partial charge in [0.05, 0.1) is 12.4 Å². The lowest BCUT2D eigenvalue weighted by atomic mass is 10.3. The Bertz CT molecular complexity index is 255. The number of halogens is 1. The van der Waals surface area contributed by atoms with E-state index in [0.717, 1.165) is 0 Å². The molecular weight excluding hydrogens is 195 g/mol. The summed E-state index contributed by atoms with van der Waals surface area (Å²) < 4.78 is 36.0. The second-order valence-corrected chi connectivity index (χ2v) is 5.35. The number of rotatable bonds is 4. The van der Waals surface area contributed by atoms with Gasteiger partial charge in [0.25, 0.3) is 0 Å². The molecule has 1 fully saturated rings. The first-order valence-electron chi connectivity index (χ1n) is 4.35. The molecule has 6 heteroatoms. The van der Waals surface area contributed by atoms with Gasteiger partial charge in [0.1, 0.15) is 0 Å². The van der Waals surface area contributed by atoms with Crippen molar-refractivity contribution in [2.75, 3.05) is 25.5 Å². The van der Waals surface area contributed by atoms with Gasteiger partial charge in [-0.1, -0.05) is 0 Å². The minimum atomic E-state index is -3.24. The summed E-state index contributed by atoms with van der Waals surface area (Å²) in [5.41, 5.74) is 5.57. The summed E-state index contributed by atoms with van der Waals surface area (Å²) in [6.45, 7) is 0.281. The number of hydrogen-bond donors (Lipinski definition) is 1. The van der Waals surface area contributed by atoms with Crippen molar-refractivity contribution in [1.82, 2.24) is 4.31 Å². The molecule has 1 aliphatic heterocycles. The van der Waals surface area contributed by atoms with Crippen LogP contribution in [0.25, 0.3) is 0 Å². The van der Waals surface area contributed by atoms with E-state index in [-0.39, 0.29) is 18.2 Å². The van der Waals surface area contributed by atoms with Crippen molar-refractivity contribution in [3.05, 3.63) is 0 Å². The zero-order chi connectivity index (χ0) is 9.90. The van der Waals surface area contributed by atoms with E-state index in [0.29, 0.717) is 19.5 Å². The summed E-state index contributed by atoms with van der Waals surface area (Å²) in [7, 11) is -3.24. The molecule has 13 heavy (non-hydrogen) atoms. The first kappa shape index (κ1) is 10.9. The van der Waals surface area contributed by atoms with Crippen LogP contribution in [0.2, 0.25) is 0 Å². The van der Waals surface area contributed by atoms with E-state index in [1.165, 1.54) is 4.31 Å². The highest BCUT2D eigenvalue weighted by Gasteiger charge is 2.28. The Morgan fingerprint density at radius 1 is 1.54 bits per heavy atom. The van der Waals surface area contributed by atoms with Gasteiger partial charge in [-0.15, -0.1) is 0 Å². The van der Waals surface area contributed by atoms with Crippen LogP contribution in [0.3, 0.4) is 0 Å². The van der Waals surface area contributed by atoms with Gasteiger partial charge in [0.15, 0.2) is 0 Å². The zero-order valence-electron chi connectivity index (χ0n) is 7.45. The van der Waals surface area contributed by atoms with Crippen LogP contribution in [0, 0.1) is 0 Å². The third-order valence-corrected chi connectivity index (χ3v) is 4.04. The van der Waals surface area contributed by atoms with E-state index in [4.69, 9.17) is 5.73 Å². The van der Waals surface area contributed by atoms with E-state index >= 15 is 0 Å². The quantitative estimate of drug-likeness (QED) is 0.693. The van der Waals surface area contributed by atoms with Gasteiger partial charge in [0, 0.05) is 19.1 Å². The summed E-state index contributed by atoms with van der Waals surface area (Å²) in [5, 5.41) is 0. The van der Waals surface area contributed by atoms with E-state index in [1.807, 2.05) is 0 Å². The van der Waals surface area contributed by atoms with Crippen molar-refractivity contribution in [1.29, 1.82) is 0 Å². The molecule has 1 rings (SSSR count). The topological polar surface area (TPSA) is 63.4 Å². The molecule has 1 saturated heterocycles. The molecule has 0 amide bonds. The Labute approximate surface area is 77.9 Å². The van der Waals surface area contributed by atoms with Crippen LogP contribution in [0.1, 0.15) is 12.8 Å². The fourth-order valence-electron chi connectivity index (χ4n) is 1.37. The van der Waals surface area contributed by atoms with Gasteiger partial charge in [0.2, 0.25) is 10.0 Å². The minimum absolute atomic E-state index is 0.0554. The molecule has 0 radical (unpaired) electrons. The fourth-order valence-corrected chi connectivity index (χ4v) is 2.91. The van der Waals surface area contributed by atoms with E-state index in [1.54, 1.807) is 0 Å².